The number of aliphatic carboxylic acids is 1. The Labute approximate surface area is 99.8 Å². The third kappa shape index (κ3) is 3.34. The van der Waals surface area contributed by atoms with Crippen molar-refractivity contribution in [2.24, 2.45) is 5.92 Å². The van der Waals surface area contributed by atoms with E-state index in [-0.39, 0.29) is 18.2 Å². The summed E-state index contributed by atoms with van der Waals surface area (Å²) in [7, 11) is 0. The lowest BCUT2D eigenvalue weighted by Gasteiger charge is -2.33. The van der Waals surface area contributed by atoms with E-state index in [0.29, 0.717) is 5.56 Å². The molecule has 5 nitrogen and oxygen atoms in total. The first-order valence-corrected chi connectivity index (χ1v) is 5.41. The van der Waals surface area contributed by atoms with Crippen LogP contribution >= 0.6 is 0 Å². The van der Waals surface area contributed by atoms with Crippen LogP contribution in [0.15, 0.2) is 23.0 Å². The molecule has 94 valence electrons. The first-order chi connectivity index (χ1) is 7.85. The Balaban J connectivity index is 2.80. The molecule has 0 radical (unpaired) electrons. The molecule has 0 aliphatic carbocycles. The summed E-state index contributed by atoms with van der Waals surface area (Å²) < 4.78 is 4.81. The van der Waals surface area contributed by atoms with Crippen LogP contribution in [0.3, 0.4) is 0 Å². The fourth-order valence-electron chi connectivity index (χ4n) is 1.43. The molecule has 5 heteroatoms. The lowest BCUT2D eigenvalue weighted by Crippen LogP contribution is -2.51. The second-order valence-electron chi connectivity index (χ2n) is 4.61. The van der Waals surface area contributed by atoms with E-state index in [1.807, 2.05) is 13.8 Å². The topological polar surface area (TPSA) is 79.5 Å². The Morgan fingerprint density at radius 1 is 1.53 bits per heavy atom. The summed E-state index contributed by atoms with van der Waals surface area (Å²) in [5.74, 6) is -1.25. The highest BCUT2D eigenvalue weighted by molar-refractivity contribution is 5.94. The largest absolute Gasteiger partial charge is 0.481 e. The smallest absolute Gasteiger partial charge is 0.305 e. The van der Waals surface area contributed by atoms with Gasteiger partial charge in [-0.15, -0.1) is 0 Å². The highest BCUT2D eigenvalue weighted by Gasteiger charge is 2.33. The molecule has 1 rings (SSSR count). The number of carbonyl (C=O) groups is 2. The van der Waals surface area contributed by atoms with Crippen LogP contribution in [-0.2, 0) is 4.79 Å². The van der Waals surface area contributed by atoms with Crippen LogP contribution in [-0.4, -0.2) is 22.5 Å². The van der Waals surface area contributed by atoms with Gasteiger partial charge in [-0.25, -0.2) is 0 Å². The number of furan rings is 1. The fraction of sp³-hybridized carbons (Fsp3) is 0.500. The summed E-state index contributed by atoms with van der Waals surface area (Å²) in [5, 5.41) is 11.6. The Kier molecular flexibility index (Phi) is 3.93. The van der Waals surface area contributed by atoms with E-state index in [1.165, 1.54) is 18.6 Å². The van der Waals surface area contributed by atoms with Crippen LogP contribution < -0.4 is 5.32 Å². The number of carboxylic acids is 1. The first kappa shape index (κ1) is 13.3. The summed E-state index contributed by atoms with van der Waals surface area (Å²) in [6.07, 6.45) is 2.62. The maximum atomic E-state index is 11.8. The average molecular weight is 239 g/mol. The van der Waals surface area contributed by atoms with Gasteiger partial charge in [-0.1, -0.05) is 13.8 Å². The minimum absolute atomic E-state index is 0.00875. The highest BCUT2D eigenvalue weighted by Crippen LogP contribution is 2.21. The molecule has 2 N–H and O–H groups in total. The summed E-state index contributed by atoms with van der Waals surface area (Å²) in [4.78, 5) is 22.7. The Morgan fingerprint density at radius 2 is 2.18 bits per heavy atom. The lowest BCUT2D eigenvalue weighted by atomic mass is 9.85. The van der Waals surface area contributed by atoms with Gasteiger partial charge in [-0.3, -0.25) is 9.59 Å². The zero-order valence-corrected chi connectivity index (χ0v) is 10.2. The van der Waals surface area contributed by atoms with Gasteiger partial charge >= 0.3 is 5.97 Å². The van der Waals surface area contributed by atoms with E-state index in [2.05, 4.69) is 5.32 Å². The molecule has 1 aromatic heterocycles. The van der Waals surface area contributed by atoms with Gasteiger partial charge in [-0.2, -0.15) is 0 Å². The number of carboxylic acid groups (broad SMARTS) is 1. The van der Waals surface area contributed by atoms with Crippen molar-refractivity contribution in [1.29, 1.82) is 0 Å². The van der Waals surface area contributed by atoms with Gasteiger partial charge in [0, 0.05) is 0 Å². The van der Waals surface area contributed by atoms with Crippen LogP contribution in [0.4, 0.5) is 0 Å². The van der Waals surface area contributed by atoms with Crippen molar-refractivity contribution in [1.82, 2.24) is 5.32 Å². The monoisotopic (exact) mass is 239 g/mol. The third-order valence-electron chi connectivity index (χ3n) is 2.98. The van der Waals surface area contributed by atoms with E-state index in [4.69, 9.17) is 9.52 Å². The Bertz CT molecular complexity index is 397. The normalized spacial score (nSPS) is 14.4. The zero-order valence-electron chi connectivity index (χ0n) is 10.2. The van der Waals surface area contributed by atoms with Gasteiger partial charge in [0.05, 0.1) is 23.8 Å². The first-order valence-electron chi connectivity index (χ1n) is 5.41. The highest BCUT2D eigenvalue weighted by atomic mass is 16.4. The van der Waals surface area contributed by atoms with Crippen molar-refractivity contribution in [3.05, 3.63) is 24.2 Å². The van der Waals surface area contributed by atoms with E-state index in [9.17, 15) is 9.59 Å². The fourth-order valence-corrected chi connectivity index (χ4v) is 1.43. The molecular formula is C12H17NO4. The Hall–Kier alpha value is -1.78. The van der Waals surface area contributed by atoms with E-state index in [0.717, 1.165) is 0 Å². The van der Waals surface area contributed by atoms with Crippen molar-refractivity contribution in [2.45, 2.75) is 32.7 Å². The van der Waals surface area contributed by atoms with Crippen LogP contribution in [0.2, 0.25) is 0 Å². The predicted octanol–water partition coefficient (Wildman–Crippen LogP) is 1.90. The molecule has 1 amide bonds. The molecule has 1 atom stereocenters. The maximum absolute atomic E-state index is 11.8. The molecule has 1 unspecified atom stereocenters. The molecule has 0 spiro atoms. The molecule has 0 aromatic carbocycles. The van der Waals surface area contributed by atoms with Gasteiger partial charge in [-0.05, 0) is 18.9 Å². The van der Waals surface area contributed by atoms with Crippen LogP contribution in [0.1, 0.15) is 37.6 Å². The average Bonchev–Trinajstić information content (AvgIpc) is 2.68. The summed E-state index contributed by atoms with van der Waals surface area (Å²) >= 11 is 0. The SMILES string of the molecule is CC(C)C(C)(CC(=O)O)NC(=O)c1ccoc1. The Morgan fingerprint density at radius 3 is 2.59 bits per heavy atom. The third-order valence-corrected chi connectivity index (χ3v) is 2.98. The second kappa shape index (κ2) is 5.03. The van der Waals surface area contributed by atoms with Gasteiger partial charge < -0.3 is 14.8 Å². The van der Waals surface area contributed by atoms with E-state index in [1.54, 1.807) is 6.92 Å². The second-order valence-corrected chi connectivity index (χ2v) is 4.61. The number of nitrogens with one attached hydrogen (secondary N) is 1. The molecule has 1 heterocycles. The molecule has 17 heavy (non-hydrogen) atoms. The van der Waals surface area contributed by atoms with Crippen LogP contribution in [0.5, 0.6) is 0 Å². The van der Waals surface area contributed by atoms with Crippen LogP contribution in [0, 0.1) is 5.92 Å². The minimum atomic E-state index is -0.936. The molecular weight excluding hydrogens is 222 g/mol. The standard InChI is InChI=1S/C12H17NO4/c1-8(2)12(3,6-10(14)15)13-11(16)9-4-5-17-7-9/h4-5,7-8H,6H2,1-3H3,(H,13,16)(H,14,15). The molecule has 0 bridgehead atoms. The van der Waals surface area contributed by atoms with E-state index < -0.39 is 11.5 Å². The zero-order chi connectivity index (χ0) is 13.1. The van der Waals surface area contributed by atoms with Crippen molar-refractivity contribution >= 4 is 11.9 Å². The van der Waals surface area contributed by atoms with Crippen molar-refractivity contribution in [3.8, 4) is 0 Å². The van der Waals surface area contributed by atoms with Crippen molar-refractivity contribution in [3.63, 3.8) is 0 Å². The summed E-state index contributed by atoms with van der Waals surface area (Å²) in [6, 6.07) is 1.54. The molecule has 0 saturated heterocycles. The van der Waals surface area contributed by atoms with Gasteiger partial charge in [0.15, 0.2) is 0 Å². The quantitative estimate of drug-likeness (QED) is 0.822. The number of hydrogen-bond acceptors (Lipinski definition) is 3. The van der Waals surface area contributed by atoms with Gasteiger partial charge in [0.1, 0.15) is 6.26 Å². The molecule has 0 aliphatic heterocycles. The van der Waals surface area contributed by atoms with E-state index >= 15 is 0 Å². The van der Waals surface area contributed by atoms with Crippen LogP contribution in [0.25, 0.3) is 0 Å². The molecule has 1 aromatic rings. The molecule has 0 fully saturated rings. The number of carbonyl (C=O) groups excluding carboxylic acids is 1. The molecule has 0 saturated carbocycles. The van der Waals surface area contributed by atoms with Gasteiger partial charge in [0.25, 0.3) is 5.91 Å². The lowest BCUT2D eigenvalue weighted by molar-refractivity contribution is -0.138. The number of amides is 1. The predicted molar refractivity (Wildman–Crippen MR) is 61.7 cm³/mol. The summed E-state index contributed by atoms with van der Waals surface area (Å²) in [5.41, 5.74) is -0.387. The number of hydrogen-bond donors (Lipinski definition) is 2. The maximum Gasteiger partial charge on any atom is 0.305 e. The molecule has 0 aliphatic rings. The van der Waals surface area contributed by atoms with Crippen molar-refractivity contribution in [2.75, 3.05) is 0 Å². The number of rotatable bonds is 5. The summed E-state index contributed by atoms with van der Waals surface area (Å²) in [6.45, 7) is 5.47. The minimum Gasteiger partial charge on any atom is -0.481 e. The van der Waals surface area contributed by atoms with Gasteiger partial charge in [0.2, 0.25) is 0 Å². The van der Waals surface area contributed by atoms with Crippen molar-refractivity contribution < 1.29 is 19.1 Å².